The summed E-state index contributed by atoms with van der Waals surface area (Å²) >= 11 is 0. The molecule has 0 fully saturated rings. The molecule has 0 unspecified atom stereocenters. The van der Waals surface area contributed by atoms with Gasteiger partial charge in [0.25, 0.3) is 0 Å². The summed E-state index contributed by atoms with van der Waals surface area (Å²) in [5.74, 6) is 0. The maximum Gasteiger partial charge on any atom is 1.00 e. The van der Waals surface area contributed by atoms with Crippen molar-refractivity contribution in [1.82, 2.24) is 0 Å². The van der Waals surface area contributed by atoms with Crippen molar-refractivity contribution in [2.75, 3.05) is 20.0 Å². The molecule has 0 rings (SSSR count). The van der Waals surface area contributed by atoms with E-state index in [4.69, 9.17) is 9.47 Å². The van der Waals surface area contributed by atoms with Gasteiger partial charge in [-0.15, -0.1) is 6.08 Å². The molecule has 0 N–H and O–H groups in total. The van der Waals surface area contributed by atoms with Crippen molar-refractivity contribution in [1.29, 1.82) is 0 Å². The minimum Gasteiger partial charge on any atom is -0.355 e. The van der Waals surface area contributed by atoms with Crippen LogP contribution in [-0.2, 0) is 9.47 Å². The van der Waals surface area contributed by atoms with Crippen LogP contribution in [0.1, 0.15) is 58.3 Å². The average molecular weight is 248 g/mol. The first-order valence-corrected chi connectivity index (χ1v) is 7.01. The molecule has 0 saturated heterocycles. The first-order chi connectivity index (χ1) is 8.41. The van der Waals surface area contributed by atoms with Crippen molar-refractivity contribution < 1.29 is 28.3 Å². The molecule has 3 heteroatoms. The number of hydrogen-bond acceptors (Lipinski definition) is 2. The maximum absolute atomic E-state index is 5.39. The summed E-state index contributed by atoms with van der Waals surface area (Å²) in [5.41, 5.74) is 0. The fourth-order valence-corrected chi connectivity index (χ4v) is 1.55. The van der Waals surface area contributed by atoms with Crippen LogP contribution in [-0.4, -0.2) is 20.0 Å². The molecule has 0 aromatic carbocycles. The molecule has 0 spiro atoms. The van der Waals surface area contributed by atoms with E-state index in [-0.39, 0.29) is 18.9 Å². The van der Waals surface area contributed by atoms with Gasteiger partial charge in [0.15, 0.2) is 0 Å². The third kappa shape index (κ3) is 18.6. The third-order valence-electron chi connectivity index (χ3n) is 2.57. The van der Waals surface area contributed by atoms with Crippen LogP contribution in [0, 0.1) is 6.92 Å². The molecule has 2 nitrogen and oxygen atoms in total. The van der Waals surface area contributed by atoms with Gasteiger partial charge in [-0.1, -0.05) is 45.1 Å². The van der Waals surface area contributed by atoms with E-state index in [0.29, 0.717) is 6.79 Å². The molecule has 102 valence electrons. The van der Waals surface area contributed by atoms with Crippen LogP contribution < -0.4 is 18.9 Å². The summed E-state index contributed by atoms with van der Waals surface area (Å²) in [7, 11) is 0. The Morgan fingerprint density at radius 1 is 0.889 bits per heavy atom. The molecule has 0 aromatic rings. The first kappa shape index (κ1) is 20.6. The minimum absolute atomic E-state index is 0. The van der Waals surface area contributed by atoms with Gasteiger partial charge in [0.05, 0.1) is 6.61 Å². The average Bonchev–Trinajstić information content (AvgIpc) is 2.35. The van der Waals surface area contributed by atoms with Crippen molar-refractivity contribution >= 4 is 0 Å². The monoisotopic (exact) mass is 248 g/mol. The topological polar surface area (TPSA) is 18.5 Å². The molecule has 18 heavy (non-hydrogen) atoms. The predicted octanol–water partition coefficient (Wildman–Crippen LogP) is 1.51. The molecular formula is C15H29LiO2. The van der Waals surface area contributed by atoms with E-state index in [0.717, 1.165) is 32.5 Å². The predicted molar refractivity (Wildman–Crippen MR) is 73.9 cm³/mol. The molecule has 0 saturated carbocycles. The van der Waals surface area contributed by atoms with Crippen LogP contribution in [0.4, 0.5) is 0 Å². The van der Waals surface area contributed by atoms with E-state index in [1.165, 1.54) is 32.1 Å². The van der Waals surface area contributed by atoms with Crippen molar-refractivity contribution in [3.05, 3.63) is 19.1 Å². The fourth-order valence-electron chi connectivity index (χ4n) is 1.55. The number of hydrogen-bond donors (Lipinski definition) is 0. The van der Waals surface area contributed by atoms with Crippen molar-refractivity contribution in [3.8, 4) is 0 Å². The van der Waals surface area contributed by atoms with Crippen LogP contribution in [0.15, 0.2) is 12.2 Å². The summed E-state index contributed by atoms with van der Waals surface area (Å²) in [4.78, 5) is 0. The third-order valence-corrected chi connectivity index (χ3v) is 2.57. The Kier molecular flexibility index (Phi) is 22.4. The minimum atomic E-state index is 0. The second kappa shape index (κ2) is 19.6. The maximum atomic E-state index is 5.39. The summed E-state index contributed by atoms with van der Waals surface area (Å²) < 4.78 is 10.7. The van der Waals surface area contributed by atoms with Gasteiger partial charge in [0.1, 0.15) is 6.79 Å². The van der Waals surface area contributed by atoms with Gasteiger partial charge in [-0.25, -0.2) is 0 Å². The van der Waals surface area contributed by atoms with Gasteiger partial charge in [-0.05, 0) is 12.8 Å². The zero-order valence-electron chi connectivity index (χ0n) is 12.5. The molecule has 0 amide bonds. The molecule has 0 radical (unpaired) electrons. The Bertz CT molecular complexity index is 161. The van der Waals surface area contributed by atoms with Crippen LogP contribution >= 0.6 is 0 Å². The van der Waals surface area contributed by atoms with E-state index in [1.807, 2.05) is 0 Å². The Hall–Kier alpha value is 0.257. The van der Waals surface area contributed by atoms with E-state index in [1.54, 1.807) is 0 Å². The largest absolute Gasteiger partial charge is 1.00 e. The van der Waals surface area contributed by atoms with E-state index in [9.17, 15) is 0 Å². The van der Waals surface area contributed by atoms with Crippen LogP contribution in [0.5, 0.6) is 0 Å². The van der Waals surface area contributed by atoms with Gasteiger partial charge < -0.3 is 16.4 Å². The Morgan fingerprint density at radius 3 is 2.28 bits per heavy atom. The first-order valence-electron chi connectivity index (χ1n) is 7.01. The fraction of sp³-hybridized carbons (Fsp3) is 0.800. The summed E-state index contributed by atoms with van der Waals surface area (Å²) in [6, 6.07) is 0. The van der Waals surface area contributed by atoms with Gasteiger partial charge in [0, 0.05) is 6.61 Å². The van der Waals surface area contributed by atoms with Crippen LogP contribution in [0.3, 0.4) is 0 Å². The van der Waals surface area contributed by atoms with E-state index < -0.39 is 0 Å². The van der Waals surface area contributed by atoms with Gasteiger partial charge in [0.2, 0.25) is 0 Å². The SMILES string of the molecule is [CH2-]C/C=C\CCOCOCCCCCCCC.[Li+]. The van der Waals surface area contributed by atoms with Gasteiger partial charge in [-0.2, -0.15) is 6.42 Å². The Labute approximate surface area is 126 Å². The van der Waals surface area contributed by atoms with E-state index >= 15 is 0 Å². The smallest absolute Gasteiger partial charge is 0.355 e. The molecule has 0 aromatic heterocycles. The Balaban J connectivity index is 0. The molecule has 0 aliphatic rings. The zero-order chi connectivity index (χ0) is 12.6. The molecular weight excluding hydrogens is 219 g/mol. The van der Waals surface area contributed by atoms with Crippen LogP contribution in [0.2, 0.25) is 0 Å². The number of allylic oxidation sites excluding steroid dienone is 1. The molecule has 0 heterocycles. The number of rotatable bonds is 13. The number of unbranched alkanes of at least 4 members (excludes halogenated alkanes) is 5. The second-order valence-electron chi connectivity index (χ2n) is 4.25. The zero-order valence-corrected chi connectivity index (χ0v) is 12.5. The van der Waals surface area contributed by atoms with Gasteiger partial charge in [-0.3, -0.25) is 0 Å². The molecule has 0 aliphatic heterocycles. The van der Waals surface area contributed by atoms with Crippen LogP contribution in [0.25, 0.3) is 0 Å². The summed E-state index contributed by atoms with van der Waals surface area (Å²) in [5, 5.41) is 0. The number of ether oxygens (including phenoxy) is 2. The Morgan fingerprint density at radius 2 is 1.56 bits per heavy atom. The summed E-state index contributed by atoms with van der Waals surface area (Å²) in [6.45, 7) is 7.99. The van der Waals surface area contributed by atoms with Crippen molar-refractivity contribution in [2.24, 2.45) is 0 Å². The van der Waals surface area contributed by atoms with Crippen molar-refractivity contribution in [3.63, 3.8) is 0 Å². The second-order valence-corrected chi connectivity index (χ2v) is 4.25. The van der Waals surface area contributed by atoms with E-state index in [2.05, 4.69) is 26.0 Å². The molecule has 0 bridgehead atoms. The standard InChI is InChI=1S/C15H29O2.Li/c1-3-5-7-9-10-12-14-17-15-16-13-11-8-6-4-2;/h6,8H,2-5,7,9-15H2,1H3;/q-1;+1/b8-6-;. The molecule has 0 atom stereocenters. The quantitative estimate of drug-likeness (QED) is 0.162. The normalized spacial score (nSPS) is 10.8. The van der Waals surface area contributed by atoms with Crippen molar-refractivity contribution in [2.45, 2.75) is 58.3 Å². The van der Waals surface area contributed by atoms with Gasteiger partial charge >= 0.3 is 18.9 Å². The summed E-state index contributed by atoms with van der Waals surface area (Å²) in [6.07, 6.45) is 13.8. The molecule has 0 aliphatic carbocycles.